The summed E-state index contributed by atoms with van der Waals surface area (Å²) < 4.78 is 9.72. The van der Waals surface area contributed by atoms with Gasteiger partial charge in [0.25, 0.3) is 0 Å². The number of hydrogen-bond acceptors (Lipinski definition) is 3. The van der Waals surface area contributed by atoms with Crippen LogP contribution in [0.15, 0.2) is 91.0 Å². The van der Waals surface area contributed by atoms with E-state index in [4.69, 9.17) is 0 Å². The SMILES string of the molecule is C[C@@H](c1ccccc1)[N]1[Sn]2[N]([C@@H](C)c3ccccc3)[Si](C)(C)C([Si]1(C)C)[Si](C)(C)[N]2[C@@H](C)c1ccccc1.[CH3][Sn]([CH3])[CH3]. The molecule has 3 aromatic carbocycles. The second-order valence-electron chi connectivity index (χ2n) is 14.6. The molecule has 3 aliphatic rings. The normalized spacial score (nSPS) is 22.8. The van der Waals surface area contributed by atoms with Gasteiger partial charge in [-0.25, -0.2) is 0 Å². The summed E-state index contributed by atoms with van der Waals surface area (Å²) in [5.41, 5.74) is 4.48. The number of rotatable bonds is 6. The fraction of sp³-hybridized carbons (Fsp3) is 0.471. The molecule has 0 spiro atoms. The van der Waals surface area contributed by atoms with Crippen LogP contribution >= 0.6 is 0 Å². The summed E-state index contributed by atoms with van der Waals surface area (Å²) in [6.07, 6.45) is 0. The van der Waals surface area contributed by atoms with E-state index in [2.05, 4.69) is 174 Å². The fourth-order valence-corrected chi connectivity index (χ4v) is 73.6. The van der Waals surface area contributed by atoms with Crippen LogP contribution in [-0.2, 0) is 0 Å². The molecule has 0 saturated carbocycles. The second kappa shape index (κ2) is 13.6. The molecule has 3 aromatic rings. The van der Waals surface area contributed by atoms with E-state index < -0.39 is 65.0 Å². The van der Waals surface area contributed by atoms with Crippen LogP contribution in [0.25, 0.3) is 0 Å². The topological polar surface area (TPSA) is 9.72 Å². The van der Waals surface area contributed by atoms with Crippen LogP contribution in [0.5, 0.6) is 0 Å². The molecule has 6 rings (SSSR count). The van der Waals surface area contributed by atoms with Crippen molar-refractivity contribution >= 4 is 65.0 Å². The molecule has 0 aromatic heterocycles. The van der Waals surface area contributed by atoms with Crippen molar-refractivity contribution in [2.75, 3.05) is 0 Å². The summed E-state index contributed by atoms with van der Waals surface area (Å²) in [7, 11) is -5.20. The average Bonchev–Trinajstić information content (AvgIpc) is 2.92. The van der Waals surface area contributed by atoms with Crippen molar-refractivity contribution in [3.05, 3.63) is 108 Å². The van der Waals surface area contributed by atoms with Crippen LogP contribution in [0.2, 0.25) is 58.9 Å². The maximum absolute atomic E-state index is 3.24. The molecule has 3 heterocycles. The number of benzene rings is 3. The summed E-state index contributed by atoms with van der Waals surface area (Å²) in [4.78, 5) is 7.94. The summed E-state index contributed by atoms with van der Waals surface area (Å²) in [6, 6.07) is 35.6. The molecule has 3 atom stereocenters. The summed E-state index contributed by atoms with van der Waals surface area (Å²) in [5.74, 6) is 0. The molecule has 0 N–H and O–H groups in total. The summed E-state index contributed by atoms with van der Waals surface area (Å²) in [6.45, 7) is 24.1. The standard InChI is InChI=1S/C31H46N3Si3.3CH3.2Sn/c1-25(28-19-13-10-14-20-28)32-35(4,5)31(36(6,7)33-26(2)29-21-15-11-16-22-29)37(8,9)34-27(3)30-23-17-12-18-24-30;;;;;/h10-27,31H,1-9H3;3*1H3;;/q-3;;;;;+3/t25-,26-,27-;;;;;/m0...../s1. The second-order valence-corrected chi connectivity index (χ2v) is 47.6. The van der Waals surface area contributed by atoms with E-state index in [0.29, 0.717) is 18.1 Å². The Labute approximate surface area is 276 Å². The zero-order chi connectivity index (χ0) is 31.0. The van der Waals surface area contributed by atoms with E-state index in [9.17, 15) is 0 Å². The Hall–Kier alpha value is -0.212. The van der Waals surface area contributed by atoms with Gasteiger partial charge in [-0.3, -0.25) is 0 Å². The number of fused-ring (bicyclic) bond motifs is 3. The molecule has 42 heavy (non-hydrogen) atoms. The Kier molecular flexibility index (Phi) is 11.3. The number of nitrogens with zero attached hydrogens (tertiary/aromatic N) is 3. The fourth-order valence-electron chi connectivity index (χ4n) is 8.79. The van der Waals surface area contributed by atoms with Crippen molar-refractivity contribution < 1.29 is 0 Å². The maximum atomic E-state index is 3.24. The predicted octanol–water partition coefficient (Wildman–Crippen LogP) is 9.62. The van der Waals surface area contributed by atoms with Crippen LogP contribution in [0.4, 0.5) is 0 Å². The van der Waals surface area contributed by atoms with Crippen LogP contribution in [0, 0.1) is 0 Å². The molecular formula is C34H55N3Si3Sn2. The molecule has 3 nitrogen and oxygen atoms in total. The van der Waals surface area contributed by atoms with E-state index in [1.165, 1.54) is 16.7 Å². The first-order valence-corrected chi connectivity index (χ1v) is 37.3. The molecular weight excluding hydrogens is 772 g/mol. The Morgan fingerprint density at radius 3 is 0.929 bits per heavy atom. The van der Waals surface area contributed by atoms with Gasteiger partial charge in [0.2, 0.25) is 0 Å². The molecule has 3 aliphatic heterocycles. The Morgan fingerprint density at radius 2 is 0.714 bits per heavy atom. The van der Waals surface area contributed by atoms with Crippen molar-refractivity contribution in [1.82, 2.24) is 8.36 Å². The van der Waals surface area contributed by atoms with Crippen molar-refractivity contribution in [2.24, 2.45) is 0 Å². The first-order chi connectivity index (χ1) is 19.6. The van der Waals surface area contributed by atoms with E-state index in [1.807, 2.05) is 0 Å². The minimum absolute atomic E-state index is 0.459. The van der Waals surface area contributed by atoms with Crippen LogP contribution in [0.3, 0.4) is 0 Å². The third-order valence-electron chi connectivity index (χ3n) is 9.64. The first kappa shape index (κ1) is 34.7. The zero-order valence-electron chi connectivity index (χ0n) is 28.3. The molecule has 226 valence electrons. The quantitative estimate of drug-likeness (QED) is 0.230. The van der Waals surface area contributed by atoms with Gasteiger partial charge in [0.15, 0.2) is 0 Å². The van der Waals surface area contributed by atoms with Crippen LogP contribution in [-0.4, -0.2) is 73.4 Å². The Balaban J connectivity index is 0.000000952. The molecule has 0 unspecified atom stereocenters. The number of hydrogen-bond donors (Lipinski definition) is 0. The van der Waals surface area contributed by atoms with Gasteiger partial charge < -0.3 is 0 Å². The Bertz CT molecular complexity index is 1130. The molecule has 0 amide bonds. The van der Waals surface area contributed by atoms with Gasteiger partial charge in [-0.2, -0.15) is 0 Å². The molecule has 8 heteroatoms. The van der Waals surface area contributed by atoms with Gasteiger partial charge >= 0.3 is 279 Å². The summed E-state index contributed by atoms with van der Waals surface area (Å²) >= 11 is -3.15. The van der Waals surface area contributed by atoms with Crippen LogP contribution < -0.4 is 0 Å². The van der Waals surface area contributed by atoms with Crippen molar-refractivity contribution in [1.29, 1.82) is 0 Å². The van der Waals surface area contributed by atoms with E-state index in [-0.39, 0.29) is 0 Å². The molecule has 3 fully saturated rings. The molecule has 2 bridgehead atoms. The first-order valence-electron chi connectivity index (χ1n) is 15.8. The molecule has 0 aliphatic carbocycles. The van der Waals surface area contributed by atoms with Gasteiger partial charge in [-0.1, -0.05) is 0 Å². The van der Waals surface area contributed by atoms with E-state index >= 15 is 0 Å². The van der Waals surface area contributed by atoms with Crippen molar-refractivity contribution in [3.8, 4) is 0 Å². The van der Waals surface area contributed by atoms with Crippen LogP contribution in [0.1, 0.15) is 55.6 Å². The summed E-state index contributed by atoms with van der Waals surface area (Å²) in [5, 5.41) is 0. The van der Waals surface area contributed by atoms with E-state index in [0.717, 1.165) is 4.79 Å². The molecule has 2 radical (unpaired) electrons. The van der Waals surface area contributed by atoms with Gasteiger partial charge in [-0.15, -0.1) is 0 Å². The van der Waals surface area contributed by atoms with E-state index in [1.54, 1.807) is 0 Å². The Morgan fingerprint density at radius 1 is 0.500 bits per heavy atom. The minimum atomic E-state index is -2.61. The molecule has 3 saturated heterocycles. The van der Waals surface area contributed by atoms with Gasteiger partial charge in [0, 0.05) is 0 Å². The van der Waals surface area contributed by atoms with Gasteiger partial charge in [0.1, 0.15) is 0 Å². The third-order valence-corrected chi connectivity index (χ3v) is 57.3. The van der Waals surface area contributed by atoms with Gasteiger partial charge in [-0.05, 0) is 0 Å². The monoisotopic (exact) mass is 829 g/mol. The predicted molar refractivity (Wildman–Crippen MR) is 195 cm³/mol. The van der Waals surface area contributed by atoms with Gasteiger partial charge in [0.05, 0.1) is 0 Å². The average molecular weight is 828 g/mol. The third kappa shape index (κ3) is 6.52. The zero-order valence-corrected chi connectivity index (χ0v) is 37.0. The van der Waals surface area contributed by atoms with Crippen molar-refractivity contribution in [2.45, 2.75) is 97.8 Å². The van der Waals surface area contributed by atoms with Crippen molar-refractivity contribution in [3.63, 3.8) is 0 Å².